The molecule has 0 rings (SSSR count). The number of rotatable bonds is 13. The molecule has 2 heteroatoms. The molecule has 0 atom stereocenters. The molecule has 0 saturated carbocycles. The van der Waals surface area contributed by atoms with E-state index in [1.165, 1.54) is 44.9 Å². The lowest BCUT2D eigenvalue weighted by Gasteiger charge is -2.03. The van der Waals surface area contributed by atoms with Gasteiger partial charge in [-0.1, -0.05) is 64.5 Å². The number of unbranched alkanes of at least 4 members (excludes halogenated alkanes) is 7. The maximum absolute atomic E-state index is 10.3. The van der Waals surface area contributed by atoms with Gasteiger partial charge < -0.3 is 5.11 Å². The smallest absolute Gasteiger partial charge is 0.303 e. The predicted octanol–water partition coefficient (Wildman–Crippen LogP) is 5.57. The van der Waals surface area contributed by atoms with Crippen LogP contribution in [0.2, 0.25) is 0 Å². The van der Waals surface area contributed by atoms with Crippen LogP contribution in [0, 0.1) is 5.92 Å². The van der Waals surface area contributed by atoms with Crippen LogP contribution in [0.1, 0.15) is 84.5 Å². The Kier molecular flexibility index (Phi) is 13.1. The Bertz CT molecular complexity index is 231. The van der Waals surface area contributed by atoms with Crippen LogP contribution >= 0.6 is 0 Å². The fourth-order valence-corrected chi connectivity index (χ4v) is 2.13. The Morgan fingerprint density at radius 3 is 2.00 bits per heavy atom. The van der Waals surface area contributed by atoms with Crippen molar-refractivity contribution in [2.45, 2.75) is 84.5 Å². The van der Waals surface area contributed by atoms with Crippen LogP contribution in [0.15, 0.2) is 12.2 Å². The third-order valence-corrected chi connectivity index (χ3v) is 3.33. The zero-order valence-electron chi connectivity index (χ0n) is 12.9. The third-order valence-electron chi connectivity index (χ3n) is 3.33. The Hall–Kier alpha value is -0.790. The van der Waals surface area contributed by atoms with E-state index >= 15 is 0 Å². The Labute approximate surface area is 119 Å². The normalized spacial score (nSPS) is 11.5. The van der Waals surface area contributed by atoms with Crippen LogP contribution in [0.4, 0.5) is 0 Å². The Morgan fingerprint density at radius 2 is 1.42 bits per heavy atom. The van der Waals surface area contributed by atoms with Crippen LogP contribution in [0.3, 0.4) is 0 Å². The maximum atomic E-state index is 10.3. The molecule has 0 spiro atoms. The molecule has 0 aliphatic carbocycles. The van der Waals surface area contributed by atoms with Crippen molar-refractivity contribution in [2.75, 3.05) is 0 Å². The Morgan fingerprint density at radius 1 is 0.895 bits per heavy atom. The average Bonchev–Trinajstić information content (AvgIpc) is 2.34. The summed E-state index contributed by atoms with van der Waals surface area (Å²) >= 11 is 0. The predicted molar refractivity (Wildman–Crippen MR) is 82.4 cm³/mol. The molecule has 2 nitrogen and oxygen atoms in total. The third kappa shape index (κ3) is 17.2. The standard InChI is InChI=1S/C17H32O2/c1-16(2)14-12-10-8-6-4-3-5-7-9-11-13-15-17(18)19/h7,9,16H,3-6,8,10-15H2,1-2H3,(H,18,19)/b9-7-. The van der Waals surface area contributed by atoms with E-state index in [0.29, 0.717) is 6.42 Å². The van der Waals surface area contributed by atoms with Gasteiger partial charge in [0, 0.05) is 6.42 Å². The zero-order chi connectivity index (χ0) is 14.3. The second-order valence-electron chi connectivity index (χ2n) is 5.85. The van der Waals surface area contributed by atoms with Gasteiger partial charge in [0.05, 0.1) is 0 Å². The molecule has 0 radical (unpaired) electrons. The van der Waals surface area contributed by atoms with E-state index in [-0.39, 0.29) is 0 Å². The highest BCUT2D eigenvalue weighted by molar-refractivity contribution is 5.66. The quantitative estimate of drug-likeness (QED) is 0.350. The lowest BCUT2D eigenvalue weighted by atomic mass is 10.0. The summed E-state index contributed by atoms with van der Waals surface area (Å²) in [6.07, 6.45) is 17.0. The van der Waals surface area contributed by atoms with E-state index in [2.05, 4.69) is 26.0 Å². The first-order valence-electron chi connectivity index (χ1n) is 7.99. The van der Waals surface area contributed by atoms with Gasteiger partial charge in [0.15, 0.2) is 0 Å². The minimum absolute atomic E-state index is 0.292. The molecular weight excluding hydrogens is 236 g/mol. The van der Waals surface area contributed by atoms with Crippen LogP contribution < -0.4 is 0 Å². The van der Waals surface area contributed by atoms with E-state index in [4.69, 9.17) is 5.11 Å². The zero-order valence-corrected chi connectivity index (χ0v) is 12.9. The van der Waals surface area contributed by atoms with E-state index < -0.39 is 5.97 Å². The van der Waals surface area contributed by atoms with Gasteiger partial charge in [-0.25, -0.2) is 0 Å². The molecular formula is C17H32O2. The minimum atomic E-state index is -0.689. The van der Waals surface area contributed by atoms with E-state index in [9.17, 15) is 4.79 Å². The molecule has 19 heavy (non-hydrogen) atoms. The number of allylic oxidation sites excluding steroid dienone is 2. The summed E-state index contributed by atoms with van der Waals surface area (Å²) in [6.45, 7) is 4.59. The summed E-state index contributed by atoms with van der Waals surface area (Å²) in [5, 5.41) is 8.48. The molecule has 0 aromatic heterocycles. The molecule has 0 amide bonds. The Balaban J connectivity index is 3.09. The number of carboxylic acid groups (broad SMARTS) is 1. The van der Waals surface area contributed by atoms with Gasteiger partial charge in [-0.05, 0) is 31.6 Å². The average molecular weight is 268 g/mol. The SMILES string of the molecule is CC(C)CCCCCCCC/C=C\CCCC(=O)O. The number of aliphatic carboxylic acids is 1. The molecule has 0 bridgehead atoms. The van der Waals surface area contributed by atoms with Gasteiger partial charge in [0.1, 0.15) is 0 Å². The van der Waals surface area contributed by atoms with E-state index in [1.54, 1.807) is 0 Å². The van der Waals surface area contributed by atoms with Crippen molar-refractivity contribution in [2.24, 2.45) is 5.92 Å². The van der Waals surface area contributed by atoms with Crippen molar-refractivity contribution in [3.05, 3.63) is 12.2 Å². The van der Waals surface area contributed by atoms with Gasteiger partial charge in [0.2, 0.25) is 0 Å². The van der Waals surface area contributed by atoms with Crippen LogP contribution in [-0.2, 0) is 4.79 Å². The fourth-order valence-electron chi connectivity index (χ4n) is 2.13. The van der Waals surface area contributed by atoms with Crippen molar-refractivity contribution in [3.8, 4) is 0 Å². The fraction of sp³-hybridized carbons (Fsp3) is 0.824. The van der Waals surface area contributed by atoms with Crippen LogP contribution in [0.25, 0.3) is 0 Å². The highest BCUT2D eigenvalue weighted by Gasteiger charge is 1.95. The molecule has 0 unspecified atom stereocenters. The lowest BCUT2D eigenvalue weighted by molar-refractivity contribution is -0.137. The van der Waals surface area contributed by atoms with Gasteiger partial charge in [-0.3, -0.25) is 4.79 Å². The molecule has 0 aliphatic heterocycles. The summed E-state index contributed by atoms with van der Waals surface area (Å²) < 4.78 is 0. The van der Waals surface area contributed by atoms with Gasteiger partial charge in [0.25, 0.3) is 0 Å². The number of hydrogen-bond acceptors (Lipinski definition) is 1. The molecule has 0 aromatic carbocycles. The first kappa shape index (κ1) is 18.2. The van der Waals surface area contributed by atoms with Crippen molar-refractivity contribution < 1.29 is 9.90 Å². The monoisotopic (exact) mass is 268 g/mol. The molecule has 0 heterocycles. The summed E-state index contributed by atoms with van der Waals surface area (Å²) in [5.41, 5.74) is 0. The topological polar surface area (TPSA) is 37.3 Å². The first-order valence-corrected chi connectivity index (χ1v) is 7.99. The van der Waals surface area contributed by atoms with Gasteiger partial charge in [-0.2, -0.15) is 0 Å². The van der Waals surface area contributed by atoms with Crippen LogP contribution in [0.5, 0.6) is 0 Å². The molecule has 0 aromatic rings. The first-order chi connectivity index (χ1) is 9.13. The molecule has 1 N–H and O–H groups in total. The second kappa shape index (κ2) is 13.6. The number of hydrogen-bond donors (Lipinski definition) is 1. The highest BCUT2D eigenvalue weighted by atomic mass is 16.4. The summed E-state index contributed by atoms with van der Waals surface area (Å²) in [6, 6.07) is 0. The van der Waals surface area contributed by atoms with Crippen molar-refractivity contribution in [1.82, 2.24) is 0 Å². The molecule has 0 aliphatic rings. The largest absolute Gasteiger partial charge is 0.481 e. The van der Waals surface area contributed by atoms with Crippen molar-refractivity contribution >= 4 is 5.97 Å². The van der Waals surface area contributed by atoms with Crippen molar-refractivity contribution in [1.29, 1.82) is 0 Å². The molecule has 112 valence electrons. The second-order valence-corrected chi connectivity index (χ2v) is 5.85. The van der Waals surface area contributed by atoms with E-state index in [0.717, 1.165) is 25.2 Å². The molecule has 0 saturated heterocycles. The van der Waals surface area contributed by atoms with Gasteiger partial charge in [-0.15, -0.1) is 0 Å². The minimum Gasteiger partial charge on any atom is -0.481 e. The maximum Gasteiger partial charge on any atom is 0.303 e. The summed E-state index contributed by atoms with van der Waals surface area (Å²) in [5.74, 6) is 0.164. The highest BCUT2D eigenvalue weighted by Crippen LogP contribution is 2.12. The number of carboxylic acids is 1. The molecule has 0 fully saturated rings. The van der Waals surface area contributed by atoms with Crippen molar-refractivity contribution in [3.63, 3.8) is 0 Å². The summed E-state index contributed by atoms with van der Waals surface area (Å²) in [7, 11) is 0. The van der Waals surface area contributed by atoms with Crippen LogP contribution in [-0.4, -0.2) is 11.1 Å². The van der Waals surface area contributed by atoms with E-state index in [1.807, 2.05) is 0 Å². The summed E-state index contributed by atoms with van der Waals surface area (Å²) in [4.78, 5) is 10.3. The van der Waals surface area contributed by atoms with Gasteiger partial charge >= 0.3 is 5.97 Å². The number of carbonyl (C=O) groups is 1. The lowest BCUT2D eigenvalue weighted by Crippen LogP contribution is -1.92.